The van der Waals surface area contributed by atoms with Gasteiger partial charge in [-0.3, -0.25) is 15.0 Å². The molecule has 3 aromatic rings. The zero-order valence-corrected chi connectivity index (χ0v) is 15.3. The lowest BCUT2D eigenvalue weighted by Gasteiger charge is -2.15. The molecule has 0 atom stereocenters. The summed E-state index contributed by atoms with van der Waals surface area (Å²) in [4.78, 5) is 6.14. The van der Waals surface area contributed by atoms with Gasteiger partial charge in [-0.25, -0.2) is 0 Å². The van der Waals surface area contributed by atoms with Crippen LogP contribution in [0, 0.1) is 0 Å². The minimum atomic E-state index is 0.617. The Morgan fingerprint density at radius 3 is 2.69 bits per heavy atom. The molecule has 0 spiro atoms. The third-order valence-electron chi connectivity index (χ3n) is 4.23. The first-order chi connectivity index (χ1) is 12.7. The molecular weight excluding hydrogens is 326 g/mol. The fourth-order valence-electron chi connectivity index (χ4n) is 2.81. The van der Waals surface area contributed by atoms with Gasteiger partial charge < -0.3 is 10.1 Å². The number of rotatable bonds is 9. The molecule has 2 N–H and O–H groups in total. The Morgan fingerprint density at radius 1 is 1.19 bits per heavy atom. The first kappa shape index (κ1) is 18.1. The second-order valence-corrected chi connectivity index (χ2v) is 6.35. The van der Waals surface area contributed by atoms with E-state index in [4.69, 9.17) is 4.74 Å². The summed E-state index contributed by atoms with van der Waals surface area (Å²) in [7, 11) is 4.06. The highest BCUT2D eigenvalue weighted by Crippen LogP contribution is 2.27. The molecule has 26 heavy (non-hydrogen) atoms. The van der Waals surface area contributed by atoms with Gasteiger partial charge in [0, 0.05) is 25.0 Å². The number of hydrogen-bond acceptors (Lipinski definition) is 5. The molecule has 1 heterocycles. The molecule has 0 bridgehead atoms. The lowest BCUT2D eigenvalue weighted by Crippen LogP contribution is -2.27. The molecular formula is C20H25N5O. The van der Waals surface area contributed by atoms with Crippen molar-refractivity contribution in [2.75, 3.05) is 27.2 Å². The third kappa shape index (κ3) is 4.47. The standard InChI is InChI=1S/C20H25N5O/c1-21-10-11-25(3)14-20-18-12-17(8-9-19(18)23-24-20)26-16-6-4-15(5-7-16)13-22-2/h4-9,12,21H,2,10-11,13-14H2,1,3H3,(H,23,24). The number of likely N-dealkylation sites (N-methyl/N-ethyl adjacent to an activating group) is 2. The van der Waals surface area contributed by atoms with Crippen LogP contribution < -0.4 is 10.1 Å². The molecule has 2 aromatic carbocycles. The van der Waals surface area contributed by atoms with Crippen molar-refractivity contribution in [3.05, 3.63) is 53.7 Å². The van der Waals surface area contributed by atoms with Crippen molar-refractivity contribution >= 4 is 17.6 Å². The van der Waals surface area contributed by atoms with Crippen molar-refractivity contribution in [1.82, 2.24) is 20.4 Å². The maximum Gasteiger partial charge on any atom is 0.128 e. The van der Waals surface area contributed by atoms with Crippen molar-refractivity contribution in [2.24, 2.45) is 4.99 Å². The normalized spacial score (nSPS) is 11.2. The summed E-state index contributed by atoms with van der Waals surface area (Å²) in [5.41, 5.74) is 3.16. The van der Waals surface area contributed by atoms with Gasteiger partial charge in [-0.1, -0.05) is 12.1 Å². The Balaban J connectivity index is 1.75. The zero-order chi connectivity index (χ0) is 18.4. The van der Waals surface area contributed by atoms with Gasteiger partial charge in [-0.15, -0.1) is 0 Å². The Bertz CT molecular complexity index is 856. The average Bonchev–Trinajstić information content (AvgIpc) is 3.04. The van der Waals surface area contributed by atoms with E-state index in [1.807, 2.05) is 49.5 Å². The zero-order valence-electron chi connectivity index (χ0n) is 15.3. The molecule has 0 aliphatic carbocycles. The van der Waals surface area contributed by atoms with Gasteiger partial charge in [0.1, 0.15) is 11.5 Å². The Hall–Kier alpha value is -2.70. The Labute approximate surface area is 153 Å². The van der Waals surface area contributed by atoms with Crippen LogP contribution in [0.25, 0.3) is 10.9 Å². The minimum absolute atomic E-state index is 0.617. The topological polar surface area (TPSA) is 65.5 Å². The summed E-state index contributed by atoms with van der Waals surface area (Å²) in [6, 6.07) is 13.9. The molecule has 0 unspecified atom stereocenters. The van der Waals surface area contributed by atoms with E-state index in [-0.39, 0.29) is 0 Å². The molecule has 0 amide bonds. The number of fused-ring (bicyclic) bond motifs is 1. The molecule has 0 aliphatic heterocycles. The highest BCUT2D eigenvalue weighted by molar-refractivity contribution is 5.82. The molecule has 0 radical (unpaired) electrons. The highest BCUT2D eigenvalue weighted by atomic mass is 16.5. The van der Waals surface area contributed by atoms with Gasteiger partial charge in [-0.2, -0.15) is 5.10 Å². The minimum Gasteiger partial charge on any atom is -0.457 e. The van der Waals surface area contributed by atoms with Crippen LogP contribution in [-0.2, 0) is 13.1 Å². The number of H-pyrrole nitrogens is 1. The Morgan fingerprint density at radius 2 is 1.96 bits per heavy atom. The Kier molecular flexibility index (Phi) is 5.99. The fraction of sp³-hybridized carbons (Fsp3) is 0.300. The van der Waals surface area contributed by atoms with Crippen LogP contribution >= 0.6 is 0 Å². The molecule has 1 aromatic heterocycles. The van der Waals surface area contributed by atoms with Crippen LogP contribution in [0.3, 0.4) is 0 Å². The monoisotopic (exact) mass is 351 g/mol. The van der Waals surface area contributed by atoms with E-state index < -0.39 is 0 Å². The molecule has 6 heteroatoms. The fourth-order valence-corrected chi connectivity index (χ4v) is 2.81. The van der Waals surface area contributed by atoms with Crippen LogP contribution in [0.15, 0.2) is 47.5 Å². The van der Waals surface area contributed by atoms with E-state index in [2.05, 4.69) is 39.2 Å². The molecule has 6 nitrogen and oxygen atoms in total. The average molecular weight is 351 g/mol. The predicted octanol–water partition coefficient (Wildman–Crippen LogP) is 3.21. The van der Waals surface area contributed by atoms with Crippen molar-refractivity contribution < 1.29 is 4.74 Å². The van der Waals surface area contributed by atoms with Crippen molar-refractivity contribution in [1.29, 1.82) is 0 Å². The van der Waals surface area contributed by atoms with Crippen LogP contribution in [0.1, 0.15) is 11.3 Å². The number of ether oxygens (including phenoxy) is 1. The summed E-state index contributed by atoms with van der Waals surface area (Å²) in [5.74, 6) is 1.60. The van der Waals surface area contributed by atoms with E-state index in [9.17, 15) is 0 Å². The van der Waals surface area contributed by atoms with Crippen molar-refractivity contribution in [3.63, 3.8) is 0 Å². The lowest BCUT2D eigenvalue weighted by atomic mass is 10.2. The van der Waals surface area contributed by atoms with E-state index in [0.717, 1.165) is 53.3 Å². The molecule has 136 valence electrons. The summed E-state index contributed by atoms with van der Waals surface area (Å²) >= 11 is 0. The van der Waals surface area contributed by atoms with Crippen LogP contribution in [0.4, 0.5) is 0 Å². The third-order valence-corrected chi connectivity index (χ3v) is 4.23. The molecule has 0 aliphatic rings. The summed E-state index contributed by atoms with van der Waals surface area (Å²) in [6.45, 7) is 6.87. The van der Waals surface area contributed by atoms with E-state index in [1.165, 1.54) is 0 Å². The molecule has 0 saturated carbocycles. The predicted molar refractivity (Wildman–Crippen MR) is 106 cm³/mol. The van der Waals surface area contributed by atoms with Crippen LogP contribution in [0.5, 0.6) is 11.5 Å². The quantitative estimate of drug-likeness (QED) is 0.581. The maximum absolute atomic E-state index is 6.00. The summed E-state index contributed by atoms with van der Waals surface area (Å²) in [5, 5.41) is 11.8. The van der Waals surface area contributed by atoms with Gasteiger partial charge >= 0.3 is 0 Å². The smallest absolute Gasteiger partial charge is 0.128 e. The number of nitrogens with zero attached hydrogens (tertiary/aromatic N) is 3. The summed E-state index contributed by atoms with van der Waals surface area (Å²) in [6.07, 6.45) is 0. The number of benzene rings is 2. The van der Waals surface area contributed by atoms with Crippen LogP contribution in [0.2, 0.25) is 0 Å². The summed E-state index contributed by atoms with van der Waals surface area (Å²) < 4.78 is 6.00. The molecule has 0 saturated heterocycles. The van der Waals surface area contributed by atoms with E-state index >= 15 is 0 Å². The van der Waals surface area contributed by atoms with Crippen molar-refractivity contribution in [3.8, 4) is 11.5 Å². The number of aromatic nitrogens is 2. The molecule has 0 fully saturated rings. The first-order valence-electron chi connectivity index (χ1n) is 8.69. The second-order valence-electron chi connectivity index (χ2n) is 6.35. The van der Waals surface area contributed by atoms with Gasteiger partial charge in [0.2, 0.25) is 0 Å². The SMILES string of the molecule is C=NCc1ccc(Oc2ccc3n[nH]c(CN(C)CCNC)c3c2)cc1. The second kappa shape index (κ2) is 8.60. The van der Waals surface area contributed by atoms with Gasteiger partial charge in [0.25, 0.3) is 0 Å². The lowest BCUT2D eigenvalue weighted by molar-refractivity contribution is 0.325. The largest absolute Gasteiger partial charge is 0.457 e. The first-order valence-corrected chi connectivity index (χ1v) is 8.69. The van der Waals surface area contributed by atoms with Crippen molar-refractivity contribution in [2.45, 2.75) is 13.1 Å². The number of nitrogens with one attached hydrogen (secondary N) is 2. The highest BCUT2D eigenvalue weighted by Gasteiger charge is 2.09. The van der Waals surface area contributed by atoms with Gasteiger partial charge in [-0.05, 0) is 56.7 Å². The molecule has 3 rings (SSSR count). The van der Waals surface area contributed by atoms with Gasteiger partial charge in [0.05, 0.1) is 17.8 Å². The number of aliphatic imine (C=N–C) groups is 1. The van der Waals surface area contributed by atoms with E-state index in [1.54, 1.807) is 0 Å². The number of aromatic amines is 1. The van der Waals surface area contributed by atoms with Crippen LogP contribution in [-0.4, -0.2) is 49.0 Å². The number of hydrogen-bond donors (Lipinski definition) is 2. The van der Waals surface area contributed by atoms with E-state index in [0.29, 0.717) is 6.54 Å². The van der Waals surface area contributed by atoms with Gasteiger partial charge in [0.15, 0.2) is 0 Å². The maximum atomic E-state index is 6.00.